The highest BCUT2D eigenvalue weighted by molar-refractivity contribution is 5.84. The Hall–Kier alpha value is -3.42. The molecule has 1 amide bonds. The summed E-state index contributed by atoms with van der Waals surface area (Å²) in [5, 5.41) is 11.3. The van der Waals surface area contributed by atoms with E-state index in [9.17, 15) is 9.59 Å². The third-order valence-electron chi connectivity index (χ3n) is 5.06. The SMILES string of the molecule is Cn1cc(-n2ccc(=O)c(Cc3cccc(NC(=O)OCC4CCC4)c3)n2)cn1. The number of nitrogens with one attached hydrogen (secondary N) is 1. The van der Waals surface area contributed by atoms with Gasteiger partial charge in [0.05, 0.1) is 19.0 Å². The molecule has 2 aromatic heterocycles. The number of ether oxygens (including phenoxy) is 1. The molecule has 2 heterocycles. The quantitative estimate of drug-likeness (QED) is 0.695. The number of amides is 1. The van der Waals surface area contributed by atoms with Gasteiger partial charge >= 0.3 is 6.09 Å². The molecule has 1 aromatic carbocycles. The van der Waals surface area contributed by atoms with E-state index in [1.165, 1.54) is 12.5 Å². The van der Waals surface area contributed by atoms with Crippen LogP contribution in [-0.4, -0.2) is 32.3 Å². The molecule has 0 bridgehead atoms. The van der Waals surface area contributed by atoms with E-state index in [1.54, 1.807) is 27.8 Å². The minimum absolute atomic E-state index is 0.136. The van der Waals surface area contributed by atoms with Crippen LogP contribution in [0.3, 0.4) is 0 Å². The number of hydrogen-bond donors (Lipinski definition) is 1. The number of carbonyl (C=O) groups excluding carboxylic acids is 1. The Balaban J connectivity index is 1.44. The van der Waals surface area contributed by atoms with Gasteiger partial charge in [-0.1, -0.05) is 18.6 Å². The average molecular weight is 393 g/mol. The zero-order chi connectivity index (χ0) is 20.2. The van der Waals surface area contributed by atoms with Gasteiger partial charge in [0.25, 0.3) is 0 Å². The van der Waals surface area contributed by atoms with Gasteiger partial charge in [0, 0.05) is 31.4 Å². The van der Waals surface area contributed by atoms with Crippen LogP contribution in [0.25, 0.3) is 5.69 Å². The number of hydrogen-bond acceptors (Lipinski definition) is 5. The molecule has 0 radical (unpaired) electrons. The van der Waals surface area contributed by atoms with Crippen LogP contribution < -0.4 is 10.7 Å². The van der Waals surface area contributed by atoms with Crippen LogP contribution in [0.4, 0.5) is 10.5 Å². The molecule has 1 aliphatic rings. The van der Waals surface area contributed by atoms with Crippen molar-refractivity contribution in [1.82, 2.24) is 19.6 Å². The molecule has 8 heteroatoms. The second-order valence-electron chi connectivity index (χ2n) is 7.34. The number of aryl methyl sites for hydroxylation is 1. The van der Waals surface area contributed by atoms with Crippen molar-refractivity contribution >= 4 is 11.8 Å². The molecule has 0 atom stereocenters. The summed E-state index contributed by atoms with van der Waals surface area (Å²) < 4.78 is 8.57. The summed E-state index contributed by atoms with van der Waals surface area (Å²) in [6, 6.07) is 8.84. The molecule has 4 rings (SSSR count). The van der Waals surface area contributed by atoms with Gasteiger partial charge in [-0.3, -0.25) is 14.8 Å². The summed E-state index contributed by atoms with van der Waals surface area (Å²) in [7, 11) is 1.82. The van der Waals surface area contributed by atoms with Crippen molar-refractivity contribution in [3.05, 3.63) is 70.4 Å². The maximum absolute atomic E-state index is 12.3. The summed E-state index contributed by atoms with van der Waals surface area (Å²) in [4.78, 5) is 24.2. The molecule has 8 nitrogen and oxygen atoms in total. The van der Waals surface area contributed by atoms with Gasteiger partial charge in [0.2, 0.25) is 5.43 Å². The molecule has 0 aliphatic heterocycles. The van der Waals surface area contributed by atoms with Crippen molar-refractivity contribution in [2.45, 2.75) is 25.7 Å². The number of benzene rings is 1. The van der Waals surface area contributed by atoms with Crippen LogP contribution in [-0.2, 0) is 18.2 Å². The Morgan fingerprint density at radius 3 is 2.90 bits per heavy atom. The molecule has 3 aromatic rings. The minimum Gasteiger partial charge on any atom is -0.449 e. The van der Waals surface area contributed by atoms with Gasteiger partial charge < -0.3 is 4.74 Å². The van der Waals surface area contributed by atoms with Crippen molar-refractivity contribution in [3.8, 4) is 5.69 Å². The number of rotatable bonds is 6. The second kappa shape index (κ2) is 8.30. The van der Waals surface area contributed by atoms with Crippen LogP contribution in [0.2, 0.25) is 0 Å². The Kier molecular flexibility index (Phi) is 5.41. The highest BCUT2D eigenvalue weighted by Crippen LogP contribution is 2.26. The van der Waals surface area contributed by atoms with E-state index in [-0.39, 0.29) is 5.43 Å². The van der Waals surface area contributed by atoms with E-state index >= 15 is 0 Å². The van der Waals surface area contributed by atoms with Crippen molar-refractivity contribution in [3.63, 3.8) is 0 Å². The number of aromatic nitrogens is 4. The van der Waals surface area contributed by atoms with Gasteiger partial charge in [0.1, 0.15) is 11.4 Å². The molecule has 1 N–H and O–H groups in total. The first-order valence-corrected chi connectivity index (χ1v) is 9.67. The summed E-state index contributed by atoms with van der Waals surface area (Å²) in [6.45, 7) is 0.466. The fraction of sp³-hybridized carbons (Fsp3) is 0.333. The average Bonchev–Trinajstić information content (AvgIpc) is 3.09. The van der Waals surface area contributed by atoms with E-state index in [0.717, 1.165) is 24.1 Å². The molecular formula is C21H23N5O3. The van der Waals surface area contributed by atoms with E-state index in [0.29, 0.717) is 30.3 Å². The lowest BCUT2D eigenvalue weighted by Gasteiger charge is -2.24. The fourth-order valence-corrected chi connectivity index (χ4v) is 3.20. The predicted molar refractivity (Wildman–Crippen MR) is 108 cm³/mol. The summed E-state index contributed by atoms with van der Waals surface area (Å²) in [6.07, 6.45) is 8.50. The van der Waals surface area contributed by atoms with E-state index < -0.39 is 6.09 Å². The largest absolute Gasteiger partial charge is 0.449 e. The molecular weight excluding hydrogens is 370 g/mol. The molecule has 0 saturated heterocycles. The second-order valence-corrected chi connectivity index (χ2v) is 7.34. The first-order chi connectivity index (χ1) is 14.1. The summed E-state index contributed by atoms with van der Waals surface area (Å²) in [5.41, 5.74) is 2.56. The molecule has 1 aliphatic carbocycles. The van der Waals surface area contributed by atoms with Crippen LogP contribution in [0.15, 0.2) is 53.7 Å². The fourth-order valence-electron chi connectivity index (χ4n) is 3.20. The van der Waals surface area contributed by atoms with Gasteiger partial charge in [-0.2, -0.15) is 10.2 Å². The first kappa shape index (κ1) is 18.9. The van der Waals surface area contributed by atoms with Crippen molar-refractivity contribution < 1.29 is 9.53 Å². The predicted octanol–water partition coefficient (Wildman–Crippen LogP) is 2.91. The standard InChI is InChI=1S/C21H23N5O3/c1-25-13-18(12-22-25)26-9-8-20(27)19(24-26)11-16-6-3-7-17(10-16)23-21(28)29-14-15-4-2-5-15/h3,6-10,12-13,15H,2,4-5,11,14H2,1H3,(H,23,28). The highest BCUT2D eigenvalue weighted by Gasteiger charge is 2.19. The van der Waals surface area contributed by atoms with Gasteiger partial charge in [-0.25, -0.2) is 9.48 Å². The maximum Gasteiger partial charge on any atom is 0.411 e. The topological polar surface area (TPSA) is 91.0 Å². The highest BCUT2D eigenvalue weighted by atomic mass is 16.5. The summed E-state index contributed by atoms with van der Waals surface area (Å²) in [5.74, 6) is 0.498. The summed E-state index contributed by atoms with van der Waals surface area (Å²) >= 11 is 0. The van der Waals surface area contributed by atoms with E-state index in [2.05, 4.69) is 15.5 Å². The molecule has 0 spiro atoms. The van der Waals surface area contributed by atoms with E-state index in [1.807, 2.05) is 31.4 Å². The Morgan fingerprint density at radius 2 is 2.17 bits per heavy atom. The van der Waals surface area contributed by atoms with Gasteiger partial charge in [-0.05, 0) is 36.5 Å². The molecule has 0 unspecified atom stereocenters. The Labute approximate surface area is 168 Å². The maximum atomic E-state index is 12.3. The third kappa shape index (κ3) is 4.71. The molecule has 1 fully saturated rings. The van der Waals surface area contributed by atoms with Crippen LogP contribution >= 0.6 is 0 Å². The number of anilines is 1. The van der Waals surface area contributed by atoms with Gasteiger partial charge in [0.15, 0.2) is 0 Å². The normalized spacial score (nSPS) is 13.7. The number of carbonyl (C=O) groups is 1. The monoisotopic (exact) mass is 393 g/mol. The molecule has 150 valence electrons. The lowest BCUT2D eigenvalue weighted by atomic mass is 9.86. The van der Waals surface area contributed by atoms with Crippen molar-refractivity contribution in [2.24, 2.45) is 13.0 Å². The van der Waals surface area contributed by atoms with Crippen molar-refractivity contribution in [2.75, 3.05) is 11.9 Å². The zero-order valence-corrected chi connectivity index (χ0v) is 16.2. The van der Waals surface area contributed by atoms with Gasteiger partial charge in [-0.15, -0.1) is 0 Å². The smallest absolute Gasteiger partial charge is 0.411 e. The van der Waals surface area contributed by atoms with E-state index in [4.69, 9.17) is 4.74 Å². The zero-order valence-electron chi connectivity index (χ0n) is 16.2. The van der Waals surface area contributed by atoms with Crippen LogP contribution in [0.5, 0.6) is 0 Å². The lowest BCUT2D eigenvalue weighted by molar-refractivity contribution is 0.115. The third-order valence-corrected chi connectivity index (χ3v) is 5.06. The minimum atomic E-state index is -0.453. The van der Waals surface area contributed by atoms with Crippen molar-refractivity contribution in [1.29, 1.82) is 0 Å². The van der Waals surface area contributed by atoms with Crippen LogP contribution in [0, 0.1) is 5.92 Å². The lowest BCUT2D eigenvalue weighted by Crippen LogP contribution is -2.22. The molecule has 1 saturated carbocycles. The first-order valence-electron chi connectivity index (χ1n) is 9.67. The Morgan fingerprint density at radius 1 is 1.31 bits per heavy atom. The number of nitrogens with zero attached hydrogens (tertiary/aromatic N) is 4. The molecule has 29 heavy (non-hydrogen) atoms. The Bertz CT molecular complexity index is 1070. The van der Waals surface area contributed by atoms with Crippen LogP contribution in [0.1, 0.15) is 30.5 Å².